The van der Waals surface area contributed by atoms with Gasteiger partial charge in [0.1, 0.15) is 0 Å². The number of benzene rings is 1. The summed E-state index contributed by atoms with van der Waals surface area (Å²) in [4.78, 5) is 20.0. The Labute approximate surface area is 139 Å². The fraction of sp³-hybridized carbons (Fsp3) is 0.176. The molecule has 3 rings (SSSR count). The van der Waals surface area contributed by atoms with Crippen molar-refractivity contribution in [2.45, 2.75) is 13.0 Å². The highest BCUT2D eigenvalue weighted by Gasteiger charge is 2.09. The quantitative estimate of drug-likeness (QED) is 0.725. The maximum Gasteiger partial charge on any atom is 0.315 e. The summed E-state index contributed by atoms with van der Waals surface area (Å²) in [5.74, 6) is 0.962. The molecule has 122 valence electrons. The average molecular weight is 323 g/mol. The van der Waals surface area contributed by atoms with Gasteiger partial charge in [-0.1, -0.05) is 35.5 Å². The number of carbonyl (C=O) groups is 1. The van der Waals surface area contributed by atoms with Crippen LogP contribution in [-0.4, -0.2) is 27.7 Å². The molecule has 1 aromatic carbocycles. The van der Waals surface area contributed by atoms with Gasteiger partial charge in [-0.15, -0.1) is 0 Å². The van der Waals surface area contributed by atoms with Gasteiger partial charge in [-0.2, -0.15) is 4.98 Å². The zero-order valence-electron chi connectivity index (χ0n) is 13.0. The fourth-order valence-electron chi connectivity index (χ4n) is 2.09. The summed E-state index contributed by atoms with van der Waals surface area (Å²) >= 11 is 0. The molecule has 0 fully saturated rings. The predicted molar refractivity (Wildman–Crippen MR) is 87.9 cm³/mol. The van der Waals surface area contributed by atoms with Gasteiger partial charge in [0, 0.05) is 31.9 Å². The summed E-state index contributed by atoms with van der Waals surface area (Å²) in [5, 5.41) is 9.46. The van der Waals surface area contributed by atoms with E-state index < -0.39 is 0 Å². The highest BCUT2D eigenvalue weighted by atomic mass is 16.5. The highest BCUT2D eigenvalue weighted by Crippen LogP contribution is 2.14. The lowest BCUT2D eigenvalue weighted by atomic mass is 10.2. The first-order valence-corrected chi connectivity index (χ1v) is 7.60. The van der Waals surface area contributed by atoms with Crippen molar-refractivity contribution in [3.05, 3.63) is 66.2 Å². The summed E-state index contributed by atoms with van der Waals surface area (Å²) in [7, 11) is 0. The number of nitrogens with zero attached hydrogens (tertiary/aromatic N) is 3. The van der Waals surface area contributed by atoms with Gasteiger partial charge in [-0.05, 0) is 17.7 Å². The van der Waals surface area contributed by atoms with Gasteiger partial charge in [0.15, 0.2) is 5.82 Å². The molecule has 0 saturated carbocycles. The summed E-state index contributed by atoms with van der Waals surface area (Å²) in [5.41, 5.74) is 1.82. The normalized spacial score (nSPS) is 10.3. The molecule has 2 aromatic heterocycles. The molecule has 0 atom stereocenters. The molecule has 2 N–H and O–H groups in total. The van der Waals surface area contributed by atoms with Crippen LogP contribution in [0.25, 0.3) is 11.5 Å². The minimum Gasteiger partial charge on any atom is -0.338 e. The maximum absolute atomic E-state index is 11.7. The van der Waals surface area contributed by atoms with Gasteiger partial charge in [0.25, 0.3) is 5.89 Å². The van der Waals surface area contributed by atoms with E-state index in [0.29, 0.717) is 31.2 Å². The molecule has 24 heavy (non-hydrogen) atoms. The molecule has 0 radical (unpaired) electrons. The Hall–Kier alpha value is -3.22. The second-order valence-electron chi connectivity index (χ2n) is 5.10. The number of hydrogen-bond acceptors (Lipinski definition) is 5. The van der Waals surface area contributed by atoms with E-state index in [0.717, 1.165) is 11.1 Å². The van der Waals surface area contributed by atoms with Gasteiger partial charge in [-0.3, -0.25) is 4.98 Å². The van der Waals surface area contributed by atoms with Gasteiger partial charge >= 0.3 is 6.03 Å². The average Bonchev–Trinajstić information content (AvgIpc) is 3.11. The van der Waals surface area contributed by atoms with Gasteiger partial charge in [0.2, 0.25) is 0 Å². The third kappa shape index (κ3) is 4.39. The number of hydrogen-bond donors (Lipinski definition) is 2. The Morgan fingerprint density at radius 3 is 2.75 bits per heavy atom. The second-order valence-corrected chi connectivity index (χ2v) is 5.10. The van der Waals surface area contributed by atoms with E-state index in [4.69, 9.17) is 4.52 Å². The largest absolute Gasteiger partial charge is 0.338 e. The molecule has 0 saturated heterocycles. The molecule has 0 bridgehead atoms. The monoisotopic (exact) mass is 323 g/mol. The number of aromatic nitrogens is 3. The molecular weight excluding hydrogens is 306 g/mol. The Balaban J connectivity index is 1.42. The highest BCUT2D eigenvalue weighted by molar-refractivity contribution is 5.73. The van der Waals surface area contributed by atoms with Crippen LogP contribution in [-0.2, 0) is 13.0 Å². The van der Waals surface area contributed by atoms with Crippen LogP contribution in [0.2, 0.25) is 0 Å². The number of urea groups is 1. The van der Waals surface area contributed by atoms with Crippen molar-refractivity contribution in [1.82, 2.24) is 25.8 Å². The van der Waals surface area contributed by atoms with Crippen molar-refractivity contribution in [2.75, 3.05) is 6.54 Å². The Kier molecular flexibility index (Phi) is 5.14. The topological polar surface area (TPSA) is 92.9 Å². The van der Waals surface area contributed by atoms with E-state index in [1.807, 2.05) is 36.4 Å². The van der Waals surface area contributed by atoms with E-state index >= 15 is 0 Å². The maximum atomic E-state index is 11.7. The van der Waals surface area contributed by atoms with Crippen LogP contribution >= 0.6 is 0 Å². The number of amides is 2. The number of pyridine rings is 1. The van der Waals surface area contributed by atoms with Crippen molar-refractivity contribution in [3.63, 3.8) is 0 Å². The first-order chi connectivity index (χ1) is 11.8. The van der Waals surface area contributed by atoms with Crippen LogP contribution in [0.15, 0.2) is 59.4 Å². The predicted octanol–water partition coefficient (Wildman–Crippen LogP) is 2.17. The van der Waals surface area contributed by atoms with Crippen LogP contribution in [0.3, 0.4) is 0 Å². The third-order valence-corrected chi connectivity index (χ3v) is 3.31. The zero-order chi connectivity index (χ0) is 16.6. The lowest BCUT2D eigenvalue weighted by molar-refractivity contribution is 0.240. The molecule has 0 spiro atoms. The van der Waals surface area contributed by atoms with Crippen LogP contribution in [0, 0.1) is 0 Å². The van der Waals surface area contributed by atoms with Crippen LogP contribution in [0.1, 0.15) is 11.4 Å². The molecule has 3 aromatic rings. The van der Waals surface area contributed by atoms with Gasteiger partial charge in [-0.25, -0.2) is 4.79 Å². The first-order valence-electron chi connectivity index (χ1n) is 7.60. The molecule has 7 nitrogen and oxygen atoms in total. The molecule has 0 unspecified atom stereocenters. The molecule has 7 heteroatoms. The summed E-state index contributed by atoms with van der Waals surface area (Å²) in [6, 6.07) is 13.1. The number of rotatable bonds is 6. The van der Waals surface area contributed by atoms with Crippen molar-refractivity contribution in [3.8, 4) is 11.5 Å². The molecule has 0 aliphatic heterocycles. The van der Waals surface area contributed by atoms with Crippen LogP contribution in [0.4, 0.5) is 4.79 Å². The zero-order valence-corrected chi connectivity index (χ0v) is 13.0. The number of nitrogens with one attached hydrogen (secondary N) is 2. The van der Waals surface area contributed by atoms with Crippen LogP contribution < -0.4 is 10.6 Å². The van der Waals surface area contributed by atoms with E-state index in [1.54, 1.807) is 18.5 Å². The summed E-state index contributed by atoms with van der Waals surface area (Å²) < 4.78 is 5.18. The van der Waals surface area contributed by atoms with Crippen molar-refractivity contribution < 1.29 is 9.32 Å². The van der Waals surface area contributed by atoms with E-state index in [9.17, 15) is 4.79 Å². The Morgan fingerprint density at radius 1 is 1.08 bits per heavy atom. The second kappa shape index (κ2) is 7.87. The van der Waals surface area contributed by atoms with Crippen molar-refractivity contribution >= 4 is 6.03 Å². The van der Waals surface area contributed by atoms with E-state index in [1.165, 1.54) is 0 Å². The van der Waals surface area contributed by atoms with Crippen LogP contribution in [0.5, 0.6) is 0 Å². The summed E-state index contributed by atoms with van der Waals surface area (Å²) in [6.07, 6.45) is 3.83. The summed E-state index contributed by atoms with van der Waals surface area (Å²) in [6.45, 7) is 0.909. The fourth-order valence-corrected chi connectivity index (χ4v) is 2.09. The Morgan fingerprint density at radius 2 is 1.96 bits per heavy atom. The lowest BCUT2D eigenvalue weighted by Crippen LogP contribution is -2.36. The first kappa shape index (κ1) is 15.7. The minimum absolute atomic E-state index is 0.227. The van der Waals surface area contributed by atoms with Crippen molar-refractivity contribution in [2.24, 2.45) is 0 Å². The molecule has 0 aliphatic rings. The smallest absolute Gasteiger partial charge is 0.315 e. The lowest BCUT2D eigenvalue weighted by Gasteiger charge is -2.06. The third-order valence-electron chi connectivity index (χ3n) is 3.31. The number of carbonyl (C=O) groups excluding carboxylic acids is 1. The molecule has 0 aliphatic carbocycles. The van der Waals surface area contributed by atoms with Gasteiger partial charge in [0.05, 0.1) is 5.56 Å². The van der Waals surface area contributed by atoms with E-state index in [-0.39, 0.29) is 6.03 Å². The molecular formula is C17H17N5O2. The standard InChI is InChI=1S/C17H17N5O2/c23-17(20-11-13-5-2-1-3-6-13)19-10-8-15-21-16(24-22-15)14-7-4-9-18-12-14/h1-7,9,12H,8,10-11H2,(H2,19,20,23). The van der Waals surface area contributed by atoms with E-state index in [2.05, 4.69) is 25.8 Å². The minimum atomic E-state index is -0.227. The van der Waals surface area contributed by atoms with Gasteiger partial charge < -0.3 is 15.2 Å². The van der Waals surface area contributed by atoms with Crippen molar-refractivity contribution in [1.29, 1.82) is 0 Å². The SMILES string of the molecule is O=C(NCCc1noc(-c2cccnc2)n1)NCc1ccccc1. The molecule has 2 amide bonds. The Bertz CT molecular complexity index is 774. The molecule has 2 heterocycles.